The van der Waals surface area contributed by atoms with Crippen LogP contribution in [-0.2, 0) is 0 Å². The summed E-state index contributed by atoms with van der Waals surface area (Å²) in [5.41, 5.74) is 1.73. The zero-order chi connectivity index (χ0) is 8.43. The largest absolute Gasteiger partial charge is 0.192 e. The normalized spacial score (nSPS) is 9.27. The summed E-state index contributed by atoms with van der Waals surface area (Å²) in [7, 11) is 0. The molecule has 1 nitrogen and oxygen atoms in total. The minimum atomic E-state index is 0.664. The Labute approximate surface area is 82.3 Å². The molecule has 1 aromatic rings. The molecule has 0 fully saturated rings. The number of benzene rings is 1. The van der Waals surface area contributed by atoms with Crippen molar-refractivity contribution in [2.75, 3.05) is 0 Å². The van der Waals surface area contributed by atoms with Crippen LogP contribution in [0.25, 0.3) is 0 Å². The number of rotatable bonds is 0. The molecule has 0 aliphatic heterocycles. The van der Waals surface area contributed by atoms with Gasteiger partial charge in [-0.15, -0.1) is 0 Å². The van der Waals surface area contributed by atoms with Gasteiger partial charge in [0.1, 0.15) is 6.07 Å². The van der Waals surface area contributed by atoms with Crippen molar-refractivity contribution in [2.24, 2.45) is 0 Å². The maximum Gasteiger partial charge on any atom is 0.100 e. The molecule has 0 spiro atoms. The van der Waals surface area contributed by atoms with Crippen molar-refractivity contribution in [3.8, 4) is 6.07 Å². The van der Waals surface area contributed by atoms with Gasteiger partial charge in [-0.25, -0.2) is 0 Å². The molecule has 0 saturated carbocycles. The molecule has 0 aromatic heterocycles. The summed E-state index contributed by atoms with van der Waals surface area (Å²) in [5.74, 6) is 0. The summed E-state index contributed by atoms with van der Waals surface area (Å²) in [6.07, 6.45) is 0. The van der Waals surface area contributed by atoms with Crippen LogP contribution in [0.1, 0.15) is 11.1 Å². The predicted molar refractivity (Wildman–Crippen MR) is 51.3 cm³/mol. The highest BCUT2D eigenvalue weighted by Gasteiger charge is 2.02. The van der Waals surface area contributed by atoms with Gasteiger partial charge in [0, 0.05) is 8.95 Å². The molecular formula is C8H5Br2N. The number of nitriles is 1. The van der Waals surface area contributed by atoms with Crippen LogP contribution in [0.5, 0.6) is 0 Å². The van der Waals surface area contributed by atoms with E-state index < -0.39 is 0 Å². The molecule has 0 heterocycles. The zero-order valence-corrected chi connectivity index (χ0v) is 9.03. The average molecular weight is 275 g/mol. The fourth-order valence-electron chi connectivity index (χ4n) is 0.807. The van der Waals surface area contributed by atoms with Gasteiger partial charge in [-0.2, -0.15) is 5.26 Å². The Hall–Kier alpha value is -0.330. The third kappa shape index (κ3) is 1.82. The van der Waals surface area contributed by atoms with Crippen LogP contribution in [0.3, 0.4) is 0 Å². The first-order chi connectivity index (χ1) is 5.15. The van der Waals surface area contributed by atoms with Crippen LogP contribution in [0.15, 0.2) is 21.1 Å². The molecule has 0 aliphatic rings. The second-order valence-corrected chi connectivity index (χ2v) is 3.90. The Kier molecular flexibility index (Phi) is 2.69. The fraction of sp³-hybridized carbons (Fsp3) is 0.125. The number of halogens is 2. The quantitative estimate of drug-likeness (QED) is 0.711. The topological polar surface area (TPSA) is 23.8 Å². The molecule has 0 saturated heterocycles. The van der Waals surface area contributed by atoms with E-state index in [9.17, 15) is 0 Å². The van der Waals surface area contributed by atoms with Crippen LogP contribution >= 0.6 is 31.9 Å². The SMILES string of the molecule is Cc1cc(Br)cc(C#N)c1Br. The van der Waals surface area contributed by atoms with Crippen LogP contribution in [0.4, 0.5) is 0 Å². The molecule has 0 radical (unpaired) electrons. The summed E-state index contributed by atoms with van der Waals surface area (Å²) in [4.78, 5) is 0. The lowest BCUT2D eigenvalue weighted by molar-refractivity contribution is 1.37. The van der Waals surface area contributed by atoms with Crippen molar-refractivity contribution >= 4 is 31.9 Å². The summed E-state index contributed by atoms with van der Waals surface area (Å²) in [6.45, 7) is 1.95. The van der Waals surface area contributed by atoms with E-state index in [0.29, 0.717) is 5.56 Å². The van der Waals surface area contributed by atoms with Gasteiger partial charge >= 0.3 is 0 Å². The van der Waals surface area contributed by atoms with Crippen molar-refractivity contribution in [1.29, 1.82) is 5.26 Å². The lowest BCUT2D eigenvalue weighted by atomic mass is 10.2. The van der Waals surface area contributed by atoms with Crippen molar-refractivity contribution in [1.82, 2.24) is 0 Å². The third-order valence-corrected chi connectivity index (χ3v) is 2.85. The summed E-state index contributed by atoms with van der Waals surface area (Å²) < 4.78 is 1.82. The minimum Gasteiger partial charge on any atom is -0.192 e. The number of hydrogen-bond donors (Lipinski definition) is 0. The van der Waals surface area contributed by atoms with Crippen molar-refractivity contribution in [3.63, 3.8) is 0 Å². The average Bonchev–Trinajstić information content (AvgIpc) is 1.96. The van der Waals surface area contributed by atoms with Crippen LogP contribution < -0.4 is 0 Å². The molecule has 0 bridgehead atoms. The Morgan fingerprint density at radius 1 is 1.36 bits per heavy atom. The van der Waals surface area contributed by atoms with E-state index in [0.717, 1.165) is 14.5 Å². The van der Waals surface area contributed by atoms with Gasteiger partial charge in [0.05, 0.1) is 5.56 Å². The first-order valence-corrected chi connectivity index (χ1v) is 4.59. The first-order valence-electron chi connectivity index (χ1n) is 3.01. The maximum atomic E-state index is 8.67. The van der Waals surface area contributed by atoms with Crippen LogP contribution in [0.2, 0.25) is 0 Å². The lowest BCUT2D eigenvalue weighted by Gasteiger charge is -2.00. The van der Waals surface area contributed by atoms with Crippen molar-refractivity contribution in [3.05, 3.63) is 32.2 Å². The second-order valence-electron chi connectivity index (χ2n) is 2.20. The van der Waals surface area contributed by atoms with E-state index in [1.165, 1.54) is 0 Å². The fourth-order valence-corrected chi connectivity index (χ4v) is 1.70. The highest BCUT2D eigenvalue weighted by atomic mass is 79.9. The van der Waals surface area contributed by atoms with Gasteiger partial charge in [0.2, 0.25) is 0 Å². The minimum absolute atomic E-state index is 0.664. The van der Waals surface area contributed by atoms with E-state index in [1.54, 1.807) is 6.07 Å². The Bertz CT molecular complexity index is 326. The van der Waals surface area contributed by atoms with E-state index >= 15 is 0 Å². The van der Waals surface area contributed by atoms with E-state index in [2.05, 4.69) is 37.9 Å². The molecule has 56 valence electrons. The van der Waals surface area contributed by atoms with Crippen LogP contribution in [0, 0.1) is 18.3 Å². The van der Waals surface area contributed by atoms with Crippen molar-refractivity contribution < 1.29 is 0 Å². The Balaban J connectivity index is 3.39. The number of nitrogens with zero attached hydrogens (tertiary/aromatic N) is 1. The van der Waals surface area contributed by atoms with Gasteiger partial charge in [-0.1, -0.05) is 15.9 Å². The molecule has 0 amide bonds. The molecule has 1 aromatic carbocycles. The molecular weight excluding hydrogens is 270 g/mol. The number of aryl methyl sites for hydroxylation is 1. The smallest absolute Gasteiger partial charge is 0.100 e. The molecule has 11 heavy (non-hydrogen) atoms. The summed E-state index contributed by atoms with van der Waals surface area (Å²) in [5, 5.41) is 8.67. The van der Waals surface area contributed by atoms with Gasteiger partial charge < -0.3 is 0 Å². The predicted octanol–water partition coefficient (Wildman–Crippen LogP) is 3.39. The van der Waals surface area contributed by atoms with Crippen molar-refractivity contribution in [2.45, 2.75) is 6.92 Å². The van der Waals surface area contributed by atoms with Gasteiger partial charge in [-0.3, -0.25) is 0 Å². The molecule has 3 heteroatoms. The van der Waals surface area contributed by atoms with Gasteiger partial charge in [0.15, 0.2) is 0 Å². The summed E-state index contributed by atoms with van der Waals surface area (Å²) in [6, 6.07) is 5.85. The molecule has 0 atom stereocenters. The standard InChI is InChI=1S/C8H5Br2N/c1-5-2-7(9)3-6(4-11)8(5)10/h2-3H,1H3. The van der Waals surface area contributed by atoms with E-state index in [4.69, 9.17) is 5.26 Å². The summed E-state index contributed by atoms with van der Waals surface area (Å²) >= 11 is 6.65. The Morgan fingerprint density at radius 2 is 2.00 bits per heavy atom. The maximum absolute atomic E-state index is 8.67. The number of hydrogen-bond acceptors (Lipinski definition) is 1. The second kappa shape index (κ2) is 3.38. The first kappa shape index (κ1) is 8.76. The molecule has 0 aliphatic carbocycles. The molecule has 1 rings (SSSR count). The Morgan fingerprint density at radius 3 is 2.55 bits per heavy atom. The zero-order valence-electron chi connectivity index (χ0n) is 5.86. The molecule has 0 N–H and O–H groups in total. The molecule has 0 unspecified atom stereocenters. The van der Waals surface area contributed by atoms with Gasteiger partial charge in [-0.05, 0) is 40.5 Å². The van der Waals surface area contributed by atoms with Crippen LogP contribution in [-0.4, -0.2) is 0 Å². The third-order valence-electron chi connectivity index (χ3n) is 1.34. The lowest BCUT2D eigenvalue weighted by Crippen LogP contribution is -1.82. The highest BCUT2D eigenvalue weighted by Crippen LogP contribution is 2.24. The van der Waals surface area contributed by atoms with Gasteiger partial charge in [0.25, 0.3) is 0 Å². The van der Waals surface area contributed by atoms with E-state index in [1.807, 2.05) is 13.0 Å². The highest BCUT2D eigenvalue weighted by molar-refractivity contribution is 9.11. The monoisotopic (exact) mass is 273 g/mol. The van der Waals surface area contributed by atoms with E-state index in [-0.39, 0.29) is 0 Å².